The van der Waals surface area contributed by atoms with Crippen molar-refractivity contribution >= 4 is 23.6 Å². The number of carbonyl (C=O) groups is 2. The molecule has 2 heterocycles. The highest BCUT2D eigenvalue weighted by atomic mass is 35.5. The Morgan fingerprint density at radius 2 is 1.87 bits per heavy atom. The number of piperidine rings is 1. The van der Waals surface area contributed by atoms with E-state index in [2.05, 4.69) is 0 Å². The summed E-state index contributed by atoms with van der Waals surface area (Å²) in [7, 11) is 1.67. The van der Waals surface area contributed by atoms with Crippen LogP contribution in [-0.2, 0) is 11.3 Å². The molecule has 0 bridgehead atoms. The lowest BCUT2D eigenvalue weighted by Gasteiger charge is -2.38. The van der Waals surface area contributed by atoms with Gasteiger partial charge >= 0.3 is 6.09 Å². The van der Waals surface area contributed by atoms with Crippen molar-refractivity contribution in [3.8, 4) is 0 Å². The molecule has 1 aliphatic heterocycles. The van der Waals surface area contributed by atoms with Gasteiger partial charge in [0.25, 0.3) is 11.5 Å². The van der Waals surface area contributed by atoms with Gasteiger partial charge in [0.2, 0.25) is 0 Å². The molecule has 2 rings (SSSR count). The molecule has 8 nitrogen and oxygen atoms in total. The van der Waals surface area contributed by atoms with Gasteiger partial charge in [0, 0.05) is 38.4 Å². The zero-order valence-electron chi connectivity index (χ0n) is 18.6. The Morgan fingerprint density at radius 3 is 2.37 bits per heavy atom. The standard InChI is InChI=1S/C21H32ClN3O5/c1-14(2)23(6)18(27)15-12-25(17(26)11-16(15)22)13-21(29)7-9-24(10-8-21)19(28)30-20(3,4)5/h11-12,14,29H,7-10,13H2,1-6H3. The van der Waals surface area contributed by atoms with Gasteiger partial charge in [-0.3, -0.25) is 9.59 Å². The molecule has 0 aliphatic carbocycles. The van der Waals surface area contributed by atoms with Crippen LogP contribution in [0.1, 0.15) is 57.8 Å². The van der Waals surface area contributed by atoms with Crippen LogP contribution in [0.3, 0.4) is 0 Å². The summed E-state index contributed by atoms with van der Waals surface area (Å²) in [6.45, 7) is 9.79. The molecule has 9 heteroatoms. The number of hydrogen-bond donors (Lipinski definition) is 1. The maximum Gasteiger partial charge on any atom is 0.410 e. The number of aromatic nitrogens is 1. The number of aliphatic hydroxyl groups is 1. The second-order valence-electron chi connectivity index (χ2n) is 9.20. The third-order valence-corrected chi connectivity index (χ3v) is 5.52. The van der Waals surface area contributed by atoms with Gasteiger partial charge in [-0.2, -0.15) is 0 Å². The molecular weight excluding hydrogens is 410 g/mol. The molecule has 1 fully saturated rings. The number of pyridine rings is 1. The van der Waals surface area contributed by atoms with Crippen LogP contribution in [-0.4, -0.2) is 68.9 Å². The average molecular weight is 442 g/mol. The Balaban J connectivity index is 2.15. The Kier molecular flexibility index (Phi) is 7.24. The number of amides is 2. The minimum Gasteiger partial charge on any atom is -0.444 e. The molecule has 1 N–H and O–H groups in total. The fraction of sp³-hybridized carbons (Fsp3) is 0.667. The van der Waals surface area contributed by atoms with E-state index in [-0.39, 0.29) is 41.9 Å². The molecule has 0 aromatic carbocycles. The van der Waals surface area contributed by atoms with Crippen molar-refractivity contribution in [1.29, 1.82) is 0 Å². The van der Waals surface area contributed by atoms with E-state index < -0.39 is 22.9 Å². The Hall–Kier alpha value is -2.06. The zero-order valence-corrected chi connectivity index (χ0v) is 19.3. The van der Waals surface area contributed by atoms with Gasteiger partial charge < -0.3 is 24.2 Å². The topological polar surface area (TPSA) is 92.1 Å². The highest BCUT2D eigenvalue weighted by Crippen LogP contribution is 2.26. The fourth-order valence-corrected chi connectivity index (χ4v) is 3.39. The second-order valence-corrected chi connectivity index (χ2v) is 9.61. The van der Waals surface area contributed by atoms with Crippen LogP contribution in [0.25, 0.3) is 0 Å². The van der Waals surface area contributed by atoms with Gasteiger partial charge in [0.1, 0.15) is 5.60 Å². The number of likely N-dealkylation sites (tertiary alicyclic amines) is 1. The molecule has 1 aromatic heterocycles. The van der Waals surface area contributed by atoms with Crippen LogP contribution in [0.5, 0.6) is 0 Å². The fourth-order valence-electron chi connectivity index (χ4n) is 3.16. The smallest absolute Gasteiger partial charge is 0.410 e. The number of ether oxygens (including phenoxy) is 1. The van der Waals surface area contributed by atoms with Crippen molar-refractivity contribution in [3.63, 3.8) is 0 Å². The van der Waals surface area contributed by atoms with Gasteiger partial charge in [-0.15, -0.1) is 0 Å². The minimum atomic E-state index is -1.18. The number of rotatable bonds is 4. The number of halogens is 1. The largest absolute Gasteiger partial charge is 0.444 e. The number of hydrogen-bond acceptors (Lipinski definition) is 5. The summed E-state index contributed by atoms with van der Waals surface area (Å²) >= 11 is 6.15. The van der Waals surface area contributed by atoms with E-state index in [0.717, 1.165) is 0 Å². The van der Waals surface area contributed by atoms with Crippen molar-refractivity contribution in [2.45, 2.75) is 71.2 Å². The van der Waals surface area contributed by atoms with E-state index in [1.54, 1.807) is 32.7 Å². The highest BCUT2D eigenvalue weighted by Gasteiger charge is 2.36. The zero-order chi connectivity index (χ0) is 22.9. The normalized spacial score (nSPS) is 16.5. The molecular formula is C21H32ClN3O5. The Morgan fingerprint density at radius 1 is 1.30 bits per heavy atom. The van der Waals surface area contributed by atoms with E-state index in [1.807, 2.05) is 13.8 Å². The first-order valence-electron chi connectivity index (χ1n) is 10.1. The lowest BCUT2D eigenvalue weighted by atomic mass is 9.91. The molecule has 0 spiro atoms. The monoisotopic (exact) mass is 441 g/mol. The van der Waals surface area contributed by atoms with Crippen LogP contribution >= 0.6 is 11.6 Å². The van der Waals surface area contributed by atoms with E-state index in [0.29, 0.717) is 13.1 Å². The number of nitrogens with zero attached hydrogens (tertiary/aromatic N) is 3. The van der Waals surface area contributed by atoms with Crippen LogP contribution in [0, 0.1) is 0 Å². The third kappa shape index (κ3) is 5.98. The van der Waals surface area contributed by atoms with Gasteiger partial charge in [-0.05, 0) is 47.5 Å². The second kappa shape index (κ2) is 8.98. The summed E-state index contributed by atoms with van der Waals surface area (Å²) in [5.74, 6) is -0.296. The molecule has 168 valence electrons. The molecule has 1 aromatic rings. The SMILES string of the molecule is CC(C)N(C)C(=O)c1cn(CC2(O)CCN(C(=O)OC(C)(C)C)CC2)c(=O)cc1Cl. The Labute approximate surface area is 182 Å². The molecule has 0 unspecified atom stereocenters. The van der Waals surface area contributed by atoms with Crippen molar-refractivity contribution in [2.75, 3.05) is 20.1 Å². The molecule has 1 aliphatic rings. The minimum absolute atomic E-state index is 0.0107. The van der Waals surface area contributed by atoms with E-state index in [9.17, 15) is 19.5 Å². The van der Waals surface area contributed by atoms with Crippen LogP contribution in [0.15, 0.2) is 17.1 Å². The summed E-state index contributed by atoms with van der Waals surface area (Å²) in [6.07, 6.45) is 1.56. The van der Waals surface area contributed by atoms with Crippen molar-refractivity contribution in [3.05, 3.63) is 33.2 Å². The lowest BCUT2D eigenvalue weighted by molar-refractivity contribution is -0.0419. The first-order valence-corrected chi connectivity index (χ1v) is 10.5. The van der Waals surface area contributed by atoms with E-state index in [1.165, 1.54) is 21.7 Å². The summed E-state index contributed by atoms with van der Waals surface area (Å²) in [6, 6.07) is 1.16. The molecule has 0 radical (unpaired) electrons. The van der Waals surface area contributed by atoms with Crippen LogP contribution in [0.2, 0.25) is 5.02 Å². The highest BCUT2D eigenvalue weighted by molar-refractivity contribution is 6.33. The lowest BCUT2D eigenvalue weighted by Crippen LogP contribution is -2.50. The first-order chi connectivity index (χ1) is 13.7. The maximum absolute atomic E-state index is 12.7. The van der Waals surface area contributed by atoms with Crippen molar-refractivity contribution < 1.29 is 19.4 Å². The summed E-state index contributed by atoms with van der Waals surface area (Å²) in [5, 5.41) is 11.1. The molecule has 1 saturated heterocycles. The molecule has 30 heavy (non-hydrogen) atoms. The summed E-state index contributed by atoms with van der Waals surface area (Å²) < 4.78 is 6.69. The third-order valence-electron chi connectivity index (χ3n) is 5.21. The maximum atomic E-state index is 12.7. The van der Waals surface area contributed by atoms with Crippen molar-refractivity contribution in [1.82, 2.24) is 14.4 Å². The van der Waals surface area contributed by atoms with Gasteiger partial charge in [0.15, 0.2) is 0 Å². The van der Waals surface area contributed by atoms with Crippen LogP contribution < -0.4 is 5.56 Å². The summed E-state index contributed by atoms with van der Waals surface area (Å²) in [5.41, 5.74) is -1.96. The predicted molar refractivity (Wildman–Crippen MR) is 115 cm³/mol. The van der Waals surface area contributed by atoms with Gasteiger partial charge in [0.05, 0.1) is 22.7 Å². The van der Waals surface area contributed by atoms with Crippen LogP contribution in [0.4, 0.5) is 4.79 Å². The molecule has 2 amide bonds. The summed E-state index contributed by atoms with van der Waals surface area (Å²) in [4.78, 5) is 40.4. The molecule has 0 saturated carbocycles. The number of carbonyl (C=O) groups excluding carboxylic acids is 2. The predicted octanol–water partition coefficient (Wildman–Crippen LogP) is 2.74. The molecule has 0 atom stereocenters. The Bertz CT molecular complexity index is 851. The van der Waals surface area contributed by atoms with E-state index in [4.69, 9.17) is 16.3 Å². The quantitative estimate of drug-likeness (QED) is 0.775. The van der Waals surface area contributed by atoms with E-state index >= 15 is 0 Å². The van der Waals surface area contributed by atoms with Crippen molar-refractivity contribution in [2.24, 2.45) is 0 Å². The first kappa shape index (κ1) is 24.2. The van der Waals surface area contributed by atoms with Gasteiger partial charge in [-0.25, -0.2) is 4.79 Å². The average Bonchev–Trinajstić information content (AvgIpc) is 2.61. The van der Waals surface area contributed by atoms with Gasteiger partial charge in [-0.1, -0.05) is 11.6 Å².